The van der Waals surface area contributed by atoms with E-state index in [1.54, 1.807) is 0 Å². The molecule has 2 rings (SSSR count). The lowest BCUT2D eigenvalue weighted by atomic mass is 10.0. The minimum absolute atomic E-state index is 0.474. The summed E-state index contributed by atoms with van der Waals surface area (Å²) in [7, 11) is 0. The summed E-state index contributed by atoms with van der Waals surface area (Å²) in [5.74, 6) is 1.06. The van der Waals surface area contributed by atoms with Crippen LogP contribution in [0.5, 0.6) is 5.75 Å². The molecule has 70 valence electrons. The number of benzene rings is 1. The van der Waals surface area contributed by atoms with Crippen molar-refractivity contribution in [2.75, 3.05) is 6.61 Å². The number of hydrogen-bond acceptors (Lipinski definition) is 1. The molecule has 1 aliphatic heterocycles. The highest BCUT2D eigenvalue weighted by atomic mass is 79.9. The molecule has 13 heavy (non-hydrogen) atoms. The molecular formula is C11H13BrO. The van der Waals surface area contributed by atoms with Crippen LogP contribution in [0.3, 0.4) is 0 Å². The van der Waals surface area contributed by atoms with Crippen molar-refractivity contribution in [3.05, 3.63) is 29.3 Å². The fraction of sp³-hybridized carbons (Fsp3) is 0.455. The Balaban J connectivity index is 2.39. The van der Waals surface area contributed by atoms with Gasteiger partial charge >= 0.3 is 0 Å². The standard InChI is InChI=1S/C11H13BrO/c1-2-8-3-4-9-10(12)5-6-13-11(9)7-8/h3-4,7,10H,2,5-6H2,1H3. The molecule has 0 radical (unpaired) electrons. The smallest absolute Gasteiger partial charge is 0.123 e. The Hall–Kier alpha value is -0.500. The summed E-state index contributed by atoms with van der Waals surface area (Å²) in [6.45, 7) is 2.99. The summed E-state index contributed by atoms with van der Waals surface area (Å²) < 4.78 is 5.61. The zero-order valence-electron chi connectivity index (χ0n) is 7.72. The Morgan fingerprint density at radius 1 is 1.54 bits per heavy atom. The fourth-order valence-electron chi connectivity index (χ4n) is 1.61. The van der Waals surface area contributed by atoms with E-state index in [1.807, 2.05) is 0 Å². The Bertz CT molecular complexity index is 309. The lowest BCUT2D eigenvalue weighted by Gasteiger charge is -2.22. The first-order chi connectivity index (χ1) is 6.31. The van der Waals surface area contributed by atoms with Gasteiger partial charge in [-0.3, -0.25) is 0 Å². The van der Waals surface area contributed by atoms with Crippen molar-refractivity contribution in [3.63, 3.8) is 0 Å². The molecule has 0 saturated carbocycles. The van der Waals surface area contributed by atoms with Gasteiger partial charge in [-0.15, -0.1) is 0 Å². The predicted octanol–water partition coefficient (Wildman–Crippen LogP) is 3.47. The van der Waals surface area contributed by atoms with Crippen molar-refractivity contribution < 1.29 is 4.74 Å². The van der Waals surface area contributed by atoms with Gasteiger partial charge in [0.05, 0.1) is 6.61 Å². The minimum Gasteiger partial charge on any atom is -0.493 e. The topological polar surface area (TPSA) is 9.23 Å². The van der Waals surface area contributed by atoms with Gasteiger partial charge in [0.15, 0.2) is 0 Å². The van der Waals surface area contributed by atoms with Crippen LogP contribution in [-0.4, -0.2) is 6.61 Å². The summed E-state index contributed by atoms with van der Waals surface area (Å²) in [6.07, 6.45) is 2.14. The van der Waals surface area contributed by atoms with Crippen molar-refractivity contribution in [1.29, 1.82) is 0 Å². The Morgan fingerprint density at radius 2 is 2.38 bits per heavy atom. The maximum absolute atomic E-state index is 5.61. The van der Waals surface area contributed by atoms with E-state index >= 15 is 0 Å². The number of halogens is 1. The average Bonchev–Trinajstić information content (AvgIpc) is 2.18. The van der Waals surface area contributed by atoms with Gasteiger partial charge in [-0.25, -0.2) is 0 Å². The van der Waals surface area contributed by atoms with Gasteiger partial charge in [0.1, 0.15) is 5.75 Å². The molecule has 1 aromatic carbocycles. The van der Waals surface area contributed by atoms with E-state index in [1.165, 1.54) is 11.1 Å². The van der Waals surface area contributed by atoms with Crippen LogP contribution in [0.25, 0.3) is 0 Å². The number of aryl methyl sites for hydroxylation is 1. The van der Waals surface area contributed by atoms with Crippen LogP contribution in [0.2, 0.25) is 0 Å². The lowest BCUT2D eigenvalue weighted by molar-refractivity contribution is 0.287. The van der Waals surface area contributed by atoms with Crippen LogP contribution in [-0.2, 0) is 6.42 Å². The van der Waals surface area contributed by atoms with Gasteiger partial charge in [-0.05, 0) is 24.5 Å². The van der Waals surface area contributed by atoms with Crippen LogP contribution in [0.1, 0.15) is 29.3 Å². The predicted molar refractivity (Wildman–Crippen MR) is 57.6 cm³/mol. The molecule has 0 aliphatic carbocycles. The fourth-order valence-corrected chi connectivity index (χ4v) is 2.18. The highest BCUT2D eigenvalue weighted by molar-refractivity contribution is 9.09. The van der Waals surface area contributed by atoms with Gasteiger partial charge in [-0.2, -0.15) is 0 Å². The molecule has 1 unspecified atom stereocenters. The SMILES string of the molecule is CCc1ccc2c(c1)OCCC2Br. The van der Waals surface area contributed by atoms with Crippen molar-refractivity contribution in [1.82, 2.24) is 0 Å². The number of hydrogen-bond donors (Lipinski definition) is 0. The summed E-state index contributed by atoms with van der Waals surface area (Å²) >= 11 is 3.65. The van der Waals surface area contributed by atoms with Crippen molar-refractivity contribution >= 4 is 15.9 Å². The highest BCUT2D eigenvalue weighted by Gasteiger charge is 2.18. The monoisotopic (exact) mass is 240 g/mol. The van der Waals surface area contributed by atoms with E-state index in [4.69, 9.17) is 4.74 Å². The van der Waals surface area contributed by atoms with Crippen LogP contribution in [0.15, 0.2) is 18.2 Å². The molecule has 1 atom stereocenters. The molecule has 2 heteroatoms. The van der Waals surface area contributed by atoms with E-state index in [0.717, 1.165) is 25.2 Å². The number of alkyl halides is 1. The molecule has 0 saturated heterocycles. The number of fused-ring (bicyclic) bond motifs is 1. The maximum Gasteiger partial charge on any atom is 0.123 e. The lowest BCUT2D eigenvalue weighted by Crippen LogP contribution is -2.10. The van der Waals surface area contributed by atoms with E-state index < -0.39 is 0 Å². The summed E-state index contributed by atoms with van der Waals surface area (Å²) in [5, 5.41) is 0. The van der Waals surface area contributed by atoms with Gasteiger partial charge in [-0.1, -0.05) is 35.0 Å². The molecule has 1 heterocycles. The third kappa shape index (κ3) is 1.73. The first-order valence-corrected chi connectivity index (χ1v) is 5.62. The minimum atomic E-state index is 0.474. The number of rotatable bonds is 1. The molecule has 0 spiro atoms. The molecule has 0 bridgehead atoms. The third-order valence-corrected chi connectivity index (χ3v) is 3.40. The maximum atomic E-state index is 5.61. The van der Waals surface area contributed by atoms with E-state index in [-0.39, 0.29) is 0 Å². The molecule has 0 fully saturated rings. The zero-order valence-corrected chi connectivity index (χ0v) is 9.30. The Kier molecular flexibility index (Phi) is 2.58. The second kappa shape index (κ2) is 3.70. The molecule has 1 nitrogen and oxygen atoms in total. The molecule has 1 aromatic rings. The summed E-state index contributed by atoms with van der Waals surface area (Å²) in [5.41, 5.74) is 2.64. The highest BCUT2D eigenvalue weighted by Crippen LogP contribution is 2.37. The summed E-state index contributed by atoms with van der Waals surface area (Å²) in [4.78, 5) is 0.474. The normalized spacial score (nSPS) is 20.6. The van der Waals surface area contributed by atoms with E-state index in [2.05, 4.69) is 41.1 Å². The van der Waals surface area contributed by atoms with Gasteiger partial charge in [0, 0.05) is 10.4 Å². The van der Waals surface area contributed by atoms with Gasteiger partial charge in [0.2, 0.25) is 0 Å². The number of ether oxygens (including phenoxy) is 1. The first-order valence-electron chi connectivity index (χ1n) is 4.71. The molecular weight excluding hydrogens is 228 g/mol. The molecule has 0 aromatic heterocycles. The second-order valence-corrected chi connectivity index (χ2v) is 4.44. The van der Waals surface area contributed by atoms with Crippen LogP contribution in [0.4, 0.5) is 0 Å². The molecule has 0 N–H and O–H groups in total. The second-order valence-electron chi connectivity index (χ2n) is 3.33. The quantitative estimate of drug-likeness (QED) is 0.684. The molecule has 0 amide bonds. The zero-order chi connectivity index (χ0) is 9.26. The van der Waals surface area contributed by atoms with E-state index in [0.29, 0.717) is 4.83 Å². The van der Waals surface area contributed by atoms with Gasteiger partial charge < -0.3 is 4.74 Å². The largest absolute Gasteiger partial charge is 0.493 e. The molecule has 1 aliphatic rings. The Labute approximate surface area is 87.2 Å². The van der Waals surface area contributed by atoms with Crippen molar-refractivity contribution in [3.8, 4) is 5.75 Å². The Morgan fingerprint density at radius 3 is 3.15 bits per heavy atom. The summed E-state index contributed by atoms with van der Waals surface area (Å²) in [6, 6.07) is 6.51. The first kappa shape index (κ1) is 9.07. The van der Waals surface area contributed by atoms with E-state index in [9.17, 15) is 0 Å². The van der Waals surface area contributed by atoms with Gasteiger partial charge in [0.25, 0.3) is 0 Å². The van der Waals surface area contributed by atoms with Crippen LogP contribution in [0, 0.1) is 0 Å². The van der Waals surface area contributed by atoms with Crippen molar-refractivity contribution in [2.45, 2.75) is 24.6 Å². The third-order valence-electron chi connectivity index (χ3n) is 2.45. The average molecular weight is 241 g/mol. The van der Waals surface area contributed by atoms with Crippen LogP contribution < -0.4 is 4.74 Å². The van der Waals surface area contributed by atoms with Crippen molar-refractivity contribution in [2.24, 2.45) is 0 Å². The van der Waals surface area contributed by atoms with Crippen LogP contribution >= 0.6 is 15.9 Å².